The summed E-state index contributed by atoms with van der Waals surface area (Å²) in [6, 6.07) is 14.0. The van der Waals surface area contributed by atoms with Gasteiger partial charge in [0.25, 0.3) is 0 Å². The first-order chi connectivity index (χ1) is 16.4. The van der Waals surface area contributed by atoms with Gasteiger partial charge in [-0.2, -0.15) is 0 Å². The fourth-order valence-electron chi connectivity index (χ4n) is 3.48. The Balaban J connectivity index is 0.000000518. The Hall–Kier alpha value is -1.56. The van der Waals surface area contributed by atoms with Crippen LogP contribution in [-0.2, 0) is 0 Å². The normalized spacial score (nSPS) is 14.8. The van der Waals surface area contributed by atoms with Gasteiger partial charge in [-0.1, -0.05) is 53.6 Å². The monoisotopic (exact) mass is 627 g/mol. The SMILES string of the molecule is CC(C)=C/C(C)=C\C(C)N=Cc1cc(C)cc(-c2ccccc2)c1O.CC=CC(C)(CC)I(Cl)Cl. The second-order valence-corrected chi connectivity index (χ2v) is 17.5. The van der Waals surface area contributed by atoms with Crippen LogP contribution in [0.4, 0.5) is 0 Å². The molecule has 0 spiro atoms. The number of phenolic OH excluding ortho intramolecular Hbond substituents is 1. The molecule has 0 aliphatic heterocycles. The van der Waals surface area contributed by atoms with Crippen LogP contribution in [0.3, 0.4) is 0 Å². The van der Waals surface area contributed by atoms with Crippen molar-refractivity contribution in [1.82, 2.24) is 0 Å². The molecular weight excluding hydrogens is 588 g/mol. The molecule has 0 amide bonds. The van der Waals surface area contributed by atoms with E-state index in [1.807, 2.05) is 69.3 Å². The number of phenols is 1. The zero-order valence-electron chi connectivity index (χ0n) is 22.2. The Morgan fingerprint density at radius 2 is 1.77 bits per heavy atom. The molecular formula is C30H40Cl2INO. The molecule has 2 nitrogen and oxygen atoms in total. The topological polar surface area (TPSA) is 32.6 Å². The Bertz CT molecular complexity index is 1050. The summed E-state index contributed by atoms with van der Waals surface area (Å²) in [7, 11) is 11.9. The van der Waals surface area contributed by atoms with Crippen molar-refractivity contribution in [3.05, 3.63) is 89.0 Å². The Labute approximate surface area is 227 Å². The molecule has 2 atom stereocenters. The van der Waals surface area contributed by atoms with Crippen LogP contribution in [0.1, 0.15) is 66.0 Å². The van der Waals surface area contributed by atoms with Crippen molar-refractivity contribution in [1.29, 1.82) is 0 Å². The predicted octanol–water partition coefficient (Wildman–Crippen LogP) is 10.6. The molecule has 0 bridgehead atoms. The molecule has 192 valence electrons. The number of hydrogen-bond acceptors (Lipinski definition) is 2. The van der Waals surface area contributed by atoms with Crippen molar-refractivity contribution < 1.29 is 5.11 Å². The van der Waals surface area contributed by atoms with Crippen molar-refractivity contribution in [3.8, 4) is 16.9 Å². The molecule has 0 saturated carbocycles. The summed E-state index contributed by atoms with van der Waals surface area (Å²) < 4.78 is 0.0990. The summed E-state index contributed by atoms with van der Waals surface area (Å²) in [5, 5.41) is 10.7. The number of alkyl halides is 1. The van der Waals surface area contributed by atoms with Gasteiger partial charge in [0, 0.05) is 17.3 Å². The zero-order chi connectivity index (χ0) is 26.6. The van der Waals surface area contributed by atoms with Crippen LogP contribution in [0.2, 0.25) is 0 Å². The Kier molecular flexibility index (Phi) is 14.0. The minimum atomic E-state index is -1.72. The summed E-state index contributed by atoms with van der Waals surface area (Å²) in [5.41, 5.74) is 6.16. The van der Waals surface area contributed by atoms with Gasteiger partial charge >= 0.3 is 78.1 Å². The van der Waals surface area contributed by atoms with Gasteiger partial charge in [-0.05, 0) is 57.9 Å². The number of allylic oxidation sites excluding steroid dienone is 5. The first kappa shape index (κ1) is 31.5. The fourth-order valence-corrected chi connectivity index (χ4v) is 6.68. The molecule has 0 aromatic heterocycles. The van der Waals surface area contributed by atoms with Crippen molar-refractivity contribution in [2.45, 2.75) is 71.3 Å². The number of hydrogen-bond donors (Lipinski definition) is 1. The zero-order valence-corrected chi connectivity index (χ0v) is 25.9. The van der Waals surface area contributed by atoms with Crippen molar-refractivity contribution >= 4 is 41.6 Å². The van der Waals surface area contributed by atoms with Crippen LogP contribution in [0.25, 0.3) is 11.1 Å². The second kappa shape index (κ2) is 15.5. The minimum absolute atomic E-state index is 0.0516. The molecule has 2 aromatic carbocycles. The first-order valence-electron chi connectivity index (χ1n) is 11.9. The van der Waals surface area contributed by atoms with E-state index < -0.39 is 17.6 Å². The van der Waals surface area contributed by atoms with E-state index >= 15 is 0 Å². The van der Waals surface area contributed by atoms with E-state index in [1.165, 1.54) is 11.1 Å². The predicted molar refractivity (Wildman–Crippen MR) is 168 cm³/mol. The average Bonchev–Trinajstić information content (AvgIpc) is 2.79. The van der Waals surface area contributed by atoms with Gasteiger partial charge in [0.15, 0.2) is 0 Å². The number of aliphatic imine (C=N–C) groups is 1. The van der Waals surface area contributed by atoms with Gasteiger partial charge in [-0.25, -0.2) is 0 Å². The van der Waals surface area contributed by atoms with E-state index in [0.29, 0.717) is 0 Å². The molecule has 0 radical (unpaired) electrons. The molecule has 1 N–H and O–H groups in total. The summed E-state index contributed by atoms with van der Waals surface area (Å²) in [5.74, 6) is 0.276. The van der Waals surface area contributed by atoms with Crippen LogP contribution >= 0.6 is 35.4 Å². The van der Waals surface area contributed by atoms with E-state index in [2.05, 4.69) is 57.8 Å². The molecule has 2 unspecified atom stereocenters. The van der Waals surface area contributed by atoms with Gasteiger partial charge in [0.1, 0.15) is 5.75 Å². The van der Waals surface area contributed by atoms with Crippen LogP contribution in [0, 0.1) is 6.92 Å². The molecule has 0 aliphatic carbocycles. The van der Waals surface area contributed by atoms with Crippen LogP contribution < -0.4 is 0 Å². The fraction of sp³-hybridized carbons (Fsp3) is 0.367. The third-order valence-electron chi connectivity index (χ3n) is 5.37. The maximum absolute atomic E-state index is 10.7. The molecule has 5 heteroatoms. The van der Waals surface area contributed by atoms with Crippen molar-refractivity contribution in [2.24, 2.45) is 4.99 Å². The van der Waals surface area contributed by atoms with Gasteiger partial charge < -0.3 is 5.11 Å². The van der Waals surface area contributed by atoms with Gasteiger partial charge in [-0.15, -0.1) is 0 Å². The summed E-state index contributed by atoms with van der Waals surface area (Å²) >= 11 is -1.72. The number of aryl methyl sites for hydroxylation is 1. The number of aromatic hydroxyl groups is 1. The second-order valence-electron chi connectivity index (χ2n) is 9.10. The van der Waals surface area contributed by atoms with E-state index in [0.717, 1.165) is 28.7 Å². The van der Waals surface area contributed by atoms with E-state index in [-0.39, 0.29) is 15.2 Å². The van der Waals surface area contributed by atoms with Gasteiger partial charge in [-0.3, -0.25) is 4.99 Å². The molecule has 2 aromatic rings. The Morgan fingerprint density at radius 3 is 2.26 bits per heavy atom. The number of nitrogens with zero attached hydrogens (tertiary/aromatic N) is 1. The number of halogens is 3. The number of rotatable bonds is 8. The third kappa shape index (κ3) is 10.9. The summed E-state index contributed by atoms with van der Waals surface area (Å²) in [6.45, 7) is 16.6. The molecule has 0 aliphatic rings. The van der Waals surface area contributed by atoms with Gasteiger partial charge in [0.2, 0.25) is 0 Å². The Morgan fingerprint density at radius 1 is 1.14 bits per heavy atom. The van der Waals surface area contributed by atoms with Crippen LogP contribution in [-0.4, -0.2) is 20.8 Å². The van der Waals surface area contributed by atoms with Gasteiger partial charge in [0.05, 0.1) is 6.04 Å². The molecule has 35 heavy (non-hydrogen) atoms. The standard InChI is InChI=1S/C23H27NO.C7H13Cl2I/c1-16(2)11-17(3)12-19(5)24-15-21-13-18(4)14-22(23(21)25)20-9-7-6-8-10-20;1-4-6-7(3,5-2)10(8)9/h6-15,19,25H,1-5H3;4,6H,5H2,1-3H3/b17-12-,24-15?;. The van der Waals surface area contributed by atoms with E-state index in [4.69, 9.17) is 17.8 Å². The molecule has 0 fully saturated rings. The maximum atomic E-state index is 10.7. The van der Waals surface area contributed by atoms with E-state index in [1.54, 1.807) is 6.21 Å². The number of benzene rings is 2. The molecule has 2 rings (SSSR count). The van der Waals surface area contributed by atoms with Crippen molar-refractivity contribution in [3.63, 3.8) is 0 Å². The summed E-state index contributed by atoms with van der Waals surface area (Å²) in [6.07, 6.45) is 11.2. The third-order valence-corrected chi connectivity index (χ3v) is 12.7. The van der Waals surface area contributed by atoms with Crippen LogP contribution in [0.5, 0.6) is 5.75 Å². The first-order valence-corrected chi connectivity index (χ1v) is 18.4. The van der Waals surface area contributed by atoms with Crippen LogP contribution in [0.15, 0.2) is 82.9 Å². The quantitative estimate of drug-likeness (QED) is 0.102. The molecule has 0 heterocycles. The average molecular weight is 628 g/mol. The summed E-state index contributed by atoms with van der Waals surface area (Å²) in [4.78, 5) is 4.59. The van der Waals surface area contributed by atoms with Crippen molar-refractivity contribution in [2.75, 3.05) is 0 Å². The van der Waals surface area contributed by atoms with E-state index in [9.17, 15) is 5.11 Å². The molecule has 0 saturated heterocycles.